The number of amides is 1. The predicted octanol–water partition coefficient (Wildman–Crippen LogP) is 4.58. The number of benzene rings is 2. The molecule has 132 valence electrons. The summed E-state index contributed by atoms with van der Waals surface area (Å²) in [6.07, 6.45) is -0.0142. The zero-order chi connectivity index (χ0) is 18.4. The summed E-state index contributed by atoms with van der Waals surface area (Å²) < 4.78 is 13.7. The van der Waals surface area contributed by atoms with Crippen molar-refractivity contribution in [1.82, 2.24) is 10.2 Å². The zero-order valence-electron chi connectivity index (χ0n) is 14.3. The van der Waals surface area contributed by atoms with Crippen molar-refractivity contribution in [3.05, 3.63) is 72.0 Å². The maximum absolute atomic E-state index is 13.7. The lowest BCUT2D eigenvalue weighted by atomic mass is 10.1. The number of rotatable bonds is 6. The molecule has 3 rings (SSSR count). The smallest absolute Gasteiger partial charge is 0.228 e. The van der Waals surface area contributed by atoms with E-state index in [1.807, 2.05) is 30.3 Å². The van der Waals surface area contributed by atoms with Crippen LogP contribution >= 0.6 is 11.8 Å². The lowest BCUT2D eigenvalue weighted by Gasteiger charge is -2.08. The predicted molar refractivity (Wildman–Crippen MR) is 103 cm³/mol. The van der Waals surface area contributed by atoms with E-state index < -0.39 is 0 Å². The third-order valence-corrected chi connectivity index (χ3v) is 4.49. The number of carbonyl (C=O) groups is 1. The Morgan fingerprint density at radius 3 is 2.65 bits per heavy atom. The fraction of sp³-hybridized carbons (Fsp3) is 0.150. The lowest BCUT2D eigenvalue weighted by Crippen LogP contribution is -2.15. The van der Waals surface area contributed by atoms with E-state index in [0.717, 1.165) is 22.0 Å². The minimum absolute atomic E-state index is 0.0142. The number of hydrogen-bond donors (Lipinski definition) is 1. The van der Waals surface area contributed by atoms with Gasteiger partial charge in [-0.15, -0.1) is 22.0 Å². The van der Waals surface area contributed by atoms with Crippen molar-refractivity contribution in [1.29, 1.82) is 0 Å². The van der Waals surface area contributed by atoms with Gasteiger partial charge in [0.2, 0.25) is 5.91 Å². The van der Waals surface area contributed by atoms with Crippen molar-refractivity contribution in [3.63, 3.8) is 0 Å². The van der Waals surface area contributed by atoms with Crippen molar-refractivity contribution in [2.24, 2.45) is 0 Å². The highest BCUT2D eigenvalue weighted by molar-refractivity contribution is 7.99. The summed E-state index contributed by atoms with van der Waals surface area (Å²) in [5, 5.41) is 12.1. The molecule has 6 heteroatoms. The Labute approximate surface area is 155 Å². The summed E-state index contributed by atoms with van der Waals surface area (Å²) in [7, 11) is 0. The molecule has 0 saturated carbocycles. The molecule has 1 N–H and O–H groups in total. The lowest BCUT2D eigenvalue weighted by molar-refractivity contribution is -0.115. The van der Waals surface area contributed by atoms with Crippen LogP contribution < -0.4 is 5.32 Å². The molecule has 0 atom stereocenters. The molecule has 0 unspecified atom stereocenters. The quantitative estimate of drug-likeness (QED) is 0.648. The number of carbonyl (C=O) groups excluding carboxylic acids is 1. The van der Waals surface area contributed by atoms with Crippen LogP contribution in [0, 0.1) is 5.82 Å². The van der Waals surface area contributed by atoms with E-state index in [4.69, 9.17) is 0 Å². The van der Waals surface area contributed by atoms with Gasteiger partial charge in [-0.1, -0.05) is 37.3 Å². The number of nitrogens with one attached hydrogen (secondary N) is 1. The monoisotopic (exact) mass is 367 g/mol. The molecule has 1 heterocycles. The molecule has 0 spiro atoms. The standard InChI is InChI=1S/C20H18FN3OS/c1-2-26-20-11-10-18(23-24-20)15-7-5-8-16(12-15)22-19(25)13-14-6-3-4-9-17(14)21/h3-12H,2,13H2,1H3,(H,22,25). The van der Waals surface area contributed by atoms with Gasteiger partial charge in [0.25, 0.3) is 0 Å². The average Bonchev–Trinajstić information content (AvgIpc) is 2.65. The van der Waals surface area contributed by atoms with Gasteiger partial charge in [0.1, 0.15) is 10.8 Å². The minimum Gasteiger partial charge on any atom is -0.326 e. The highest BCUT2D eigenvalue weighted by atomic mass is 32.2. The van der Waals surface area contributed by atoms with Crippen LogP contribution in [-0.4, -0.2) is 21.9 Å². The molecule has 0 aliphatic rings. The third-order valence-electron chi connectivity index (χ3n) is 3.68. The second-order valence-electron chi connectivity index (χ2n) is 5.59. The molecule has 0 fully saturated rings. The molecule has 0 bridgehead atoms. The Morgan fingerprint density at radius 2 is 1.92 bits per heavy atom. The molecule has 0 radical (unpaired) electrons. The maximum Gasteiger partial charge on any atom is 0.228 e. The Balaban J connectivity index is 1.71. The summed E-state index contributed by atoms with van der Waals surface area (Å²) in [6.45, 7) is 2.06. The van der Waals surface area contributed by atoms with Gasteiger partial charge in [-0.25, -0.2) is 4.39 Å². The van der Waals surface area contributed by atoms with E-state index in [9.17, 15) is 9.18 Å². The highest BCUT2D eigenvalue weighted by Gasteiger charge is 2.09. The molecule has 1 aromatic heterocycles. The van der Waals surface area contributed by atoms with Crippen LogP contribution in [0.25, 0.3) is 11.3 Å². The van der Waals surface area contributed by atoms with Crippen LogP contribution in [0.4, 0.5) is 10.1 Å². The van der Waals surface area contributed by atoms with Crippen LogP contribution in [0.1, 0.15) is 12.5 Å². The van der Waals surface area contributed by atoms with E-state index in [1.165, 1.54) is 6.07 Å². The summed E-state index contributed by atoms with van der Waals surface area (Å²) in [4.78, 5) is 12.2. The van der Waals surface area contributed by atoms with Gasteiger partial charge in [0.05, 0.1) is 12.1 Å². The molecular formula is C20H18FN3OS. The van der Waals surface area contributed by atoms with Crippen molar-refractivity contribution in [2.45, 2.75) is 18.4 Å². The molecule has 1 amide bonds. The van der Waals surface area contributed by atoms with Gasteiger partial charge in [-0.2, -0.15) is 0 Å². The van der Waals surface area contributed by atoms with E-state index in [2.05, 4.69) is 22.4 Å². The van der Waals surface area contributed by atoms with Crippen molar-refractivity contribution >= 4 is 23.4 Å². The van der Waals surface area contributed by atoms with Crippen LogP contribution in [-0.2, 0) is 11.2 Å². The molecular weight excluding hydrogens is 349 g/mol. The van der Waals surface area contributed by atoms with Crippen molar-refractivity contribution in [2.75, 3.05) is 11.1 Å². The molecule has 4 nitrogen and oxygen atoms in total. The van der Waals surface area contributed by atoms with Gasteiger partial charge in [-0.05, 0) is 41.6 Å². The zero-order valence-corrected chi connectivity index (χ0v) is 15.1. The van der Waals surface area contributed by atoms with Crippen LogP contribution in [0.15, 0.2) is 65.7 Å². The van der Waals surface area contributed by atoms with Crippen LogP contribution in [0.3, 0.4) is 0 Å². The number of anilines is 1. The number of aromatic nitrogens is 2. The van der Waals surface area contributed by atoms with E-state index >= 15 is 0 Å². The second-order valence-corrected chi connectivity index (χ2v) is 6.87. The van der Waals surface area contributed by atoms with Crippen molar-refractivity contribution < 1.29 is 9.18 Å². The summed E-state index contributed by atoms with van der Waals surface area (Å²) in [5.41, 5.74) is 2.60. The normalized spacial score (nSPS) is 10.5. The van der Waals surface area contributed by atoms with Gasteiger partial charge >= 0.3 is 0 Å². The highest BCUT2D eigenvalue weighted by Crippen LogP contribution is 2.22. The maximum atomic E-state index is 13.7. The van der Waals surface area contributed by atoms with Gasteiger partial charge in [-0.3, -0.25) is 4.79 Å². The van der Waals surface area contributed by atoms with Gasteiger partial charge < -0.3 is 5.32 Å². The van der Waals surface area contributed by atoms with E-state index in [0.29, 0.717) is 11.3 Å². The fourth-order valence-corrected chi connectivity index (χ4v) is 3.03. The number of thioether (sulfide) groups is 1. The number of hydrogen-bond acceptors (Lipinski definition) is 4. The second kappa shape index (κ2) is 8.58. The van der Waals surface area contributed by atoms with E-state index in [1.54, 1.807) is 36.0 Å². The minimum atomic E-state index is -0.378. The fourth-order valence-electron chi connectivity index (χ4n) is 2.48. The molecule has 0 aliphatic heterocycles. The first-order valence-corrected chi connectivity index (χ1v) is 9.24. The molecule has 2 aromatic carbocycles. The Morgan fingerprint density at radius 1 is 1.08 bits per heavy atom. The number of halogens is 1. The van der Waals surface area contributed by atoms with Gasteiger partial charge in [0.15, 0.2) is 0 Å². The topological polar surface area (TPSA) is 54.9 Å². The SMILES string of the molecule is CCSc1ccc(-c2cccc(NC(=O)Cc3ccccc3F)c2)nn1. The van der Waals surface area contributed by atoms with Crippen molar-refractivity contribution in [3.8, 4) is 11.3 Å². The number of nitrogens with zero attached hydrogens (tertiary/aromatic N) is 2. The Kier molecular flexibility index (Phi) is 5.96. The largest absolute Gasteiger partial charge is 0.326 e. The Bertz CT molecular complexity index is 900. The van der Waals surface area contributed by atoms with Crippen LogP contribution in [0.5, 0.6) is 0 Å². The average molecular weight is 367 g/mol. The molecule has 0 aliphatic carbocycles. The first kappa shape index (κ1) is 18.1. The molecule has 26 heavy (non-hydrogen) atoms. The van der Waals surface area contributed by atoms with Gasteiger partial charge in [0, 0.05) is 11.3 Å². The summed E-state index contributed by atoms with van der Waals surface area (Å²) >= 11 is 1.63. The summed E-state index contributed by atoms with van der Waals surface area (Å²) in [5.74, 6) is 0.294. The Hall–Kier alpha value is -2.73. The van der Waals surface area contributed by atoms with Crippen LogP contribution in [0.2, 0.25) is 0 Å². The first-order chi connectivity index (χ1) is 12.7. The molecule has 3 aromatic rings. The summed E-state index contributed by atoms with van der Waals surface area (Å²) in [6, 6.07) is 17.5. The first-order valence-electron chi connectivity index (χ1n) is 8.26. The molecule has 0 saturated heterocycles. The third kappa shape index (κ3) is 4.67. The van der Waals surface area contributed by atoms with E-state index in [-0.39, 0.29) is 18.1 Å².